The van der Waals surface area contributed by atoms with Crippen LogP contribution >= 0.6 is 0 Å². The Morgan fingerprint density at radius 1 is 1.25 bits per heavy atom. The van der Waals surface area contributed by atoms with Crippen LogP contribution in [0.3, 0.4) is 0 Å². The standard InChI is InChI=1S/C16H20/c1-11-7-8-13-10-12-5-4-6-14(12)16(2,3)15(13)9-11/h7-10,14H,4-6H2,1-3H3/t14-/m0/s1. The van der Waals surface area contributed by atoms with Gasteiger partial charge >= 0.3 is 0 Å². The van der Waals surface area contributed by atoms with Gasteiger partial charge in [-0.15, -0.1) is 0 Å². The molecular weight excluding hydrogens is 192 g/mol. The van der Waals surface area contributed by atoms with Crippen molar-refractivity contribution in [2.45, 2.75) is 45.4 Å². The molecule has 2 aliphatic carbocycles. The highest BCUT2D eigenvalue weighted by Crippen LogP contribution is 2.50. The fourth-order valence-electron chi connectivity index (χ4n) is 3.61. The average Bonchev–Trinajstić information content (AvgIpc) is 2.68. The first-order valence-electron chi connectivity index (χ1n) is 6.40. The molecule has 0 unspecified atom stereocenters. The lowest BCUT2D eigenvalue weighted by Gasteiger charge is -2.38. The Hall–Kier alpha value is -1.04. The molecule has 0 bridgehead atoms. The highest BCUT2D eigenvalue weighted by Gasteiger charge is 2.40. The maximum absolute atomic E-state index is 2.46. The van der Waals surface area contributed by atoms with Crippen molar-refractivity contribution in [1.29, 1.82) is 0 Å². The van der Waals surface area contributed by atoms with E-state index in [1.54, 1.807) is 11.1 Å². The summed E-state index contributed by atoms with van der Waals surface area (Å²) in [5, 5.41) is 0. The van der Waals surface area contributed by atoms with E-state index in [0.29, 0.717) is 5.41 Å². The van der Waals surface area contributed by atoms with Gasteiger partial charge in [-0.05, 0) is 48.6 Å². The van der Waals surface area contributed by atoms with Crippen molar-refractivity contribution >= 4 is 6.08 Å². The molecule has 1 fully saturated rings. The Balaban J connectivity index is 2.22. The molecule has 0 heterocycles. The van der Waals surface area contributed by atoms with E-state index in [1.807, 2.05) is 0 Å². The lowest BCUT2D eigenvalue weighted by Crippen LogP contribution is -2.31. The van der Waals surface area contributed by atoms with Gasteiger partial charge < -0.3 is 0 Å². The van der Waals surface area contributed by atoms with E-state index in [4.69, 9.17) is 0 Å². The summed E-state index contributed by atoms with van der Waals surface area (Å²) in [7, 11) is 0. The Morgan fingerprint density at radius 3 is 2.88 bits per heavy atom. The van der Waals surface area contributed by atoms with Gasteiger partial charge in [0.15, 0.2) is 0 Å². The normalized spacial score (nSPS) is 25.9. The van der Waals surface area contributed by atoms with Crippen molar-refractivity contribution < 1.29 is 0 Å². The predicted molar refractivity (Wildman–Crippen MR) is 69.5 cm³/mol. The summed E-state index contributed by atoms with van der Waals surface area (Å²) in [6.07, 6.45) is 6.54. The van der Waals surface area contributed by atoms with E-state index in [-0.39, 0.29) is 0 Å². The second-order valence-corrected chi connectivity index (χ2v) is 5.98. The Morgan fingerprint density at radius 2 is 2.06 bits per heavy atom. The van der Waals surface area contributed by atoms with E-state index < -0.39 is 0 Å². The van der Waals surface area contributed by atoms with Crippen LogP contribution in [-0.4, -0.2) is 0 Å². The topological polar surface area (TPSA) is 0 Å². The van der Waals surface area contributed by atoms with Crippen LogP contribution in [-0.2, 0) is 5.41 Å². The third-order valence-corrected chi connectivity index (χ3v) is 4.52. The minimum Gasteiger partial charge on any atom is -0.0656 e. The SMILES string of the molecule is Cc1ccc2c(c1)C(C)(C)[C@H]1CCCC1=C2. The molecule has 1 atom stereocenters. The monoisotopic (exact) mass is 212 g/mol. The molecule has 0 nitrogen and oxygen atoms in total. The number of hydrogen-bond acceptors (Lipinski definition) is 0. The van der Waals surface area contributed by atoms with Gasteiger partial charge in [0.1, 0.15) is 0 Å². The van der Waals surface area contributed by atoms with Crippen molar-refractivity contribution in [3.8, 4) is 0 Å². The van der Waals surface area contributed by atoms with Gasteiger partial charge in [-0.1, -0.05) is 49.3 Å². The molecule has 0 heteroatoms. The molecule has 0 amide bonds. The van der Waals surface area contributed by atoms with Gasteiger partial charge in [0, 0.05) is 0 Å². The minimum atomic E-state index is 0.335. The molecule has 2 aliphatic rings. The summed E-state index contributed by atoms with van der Waals surface area (Å²) in [5.41, 5.74) is 6.44. The predicted octanol–water partition coefficient (Wildman–Crippen LogP) is 4.47. The second kappa shape index (κ2) is 3.23. The highest BCUT2D eigenvalue weighted by atomic mass is 14.4. The summed E-state index contributed by atoms with van der Waals surface area (Å²) in [6, 6.07) is 6.93. The third-order valence-electron chi connectivity index (χ3n) is 4.52. The van der Waals surface area contributed by atoms with E-state index in [0.717, 1.165) is 5.92 Å². The molecule has 0 aliphatic heterocycles. The summed E-state index contributed by atoms with van der Waals surface area (Å²) < 4.78 is 0. The Bertz CT molecular complexity index is 463. The first-order chi connectivity index (χ1) is 7.59. The van der Waals surface area contributed by atoms with E-state index >= 15 is 0 Å². The average molecular weight is 212 g/mol. The van der Waals surface area contributed by atoms with Crippen LogP contribution in [0.5, 0.6) is 0 Å². The zero-order chi connectivity index (χ0) is 11.3. The van der Waals surface area contributed by atoms with Crippen molar-refractivity contribution in [3.05, 3.63) is 40.5 Å². The van der Waals surface area contributed by atoms with Crippen LogP contribution in [0.4, 0.5) is 0 Å². The van der Waals surface area contributed by atoms with Gasteiger partial charge in [0.25, 0.3) is 0 Å². The Kier molecular flexibility index (Phi) is 2.04. The third kappa shape index (κ3) is 1.29. The molecule has 1 aromatic rings. The number of benzene rings is 1. The zero-order valence-corrected chi connectivity index (χ0v) is 10.5. The Labute approximate surface area is 98.4 Å². The molecule has 1 aromatic carbocycles. The molecular formula is C16H20. The van der Waals surface area contributed by atoms with Crippen LogP contribution in [0.2, 0.25) is 0 Å². The summed E-state index contributed by atoms with van der Waals surface area (Å²) in [5.74, 6) is 0.793. The molecule has 0 aromatic heterocycles. The smallest absolute Gasteiger partial charge is 0.00320 e. The number of fused-ring (bicyclic) bond motifs is 2. The van der Waals surface area contributed by atoms with Crippen LogP contribution < -0.4 is 0 Å². The van der Waals surface area contributed by atoms with Gasteiger partial charge in [0.2, 0.25) is 0 Å². The first-order valence-corrected chi connectivity index (χ1v) is 6.40. The number of allylic oxidation sites excluding steroid dienone is 1. The largest absolute Gasteiger partial charge is 0.0656 e. The molecule has 0 N–H and O–H groups in total. The van der Waals surface area contributed by atoms with E-state index in [9.17, 15) is 0 Å². The fraction of sp³-hybridized carbons (Fsp3) is 0.500. The minimum absolute atomic E-state index is 0.335. The van der Waals surface area contributed by atoms with Crippen molar-refractivity contribution in [2.75, 3.05) is 0 Å². The van der Waals surface area contributed by atoms with Gasteiger partial charge in [0.05, 0.1) is 0 Å². The lowest BCUT2D eigenvalue weighted by molar-refractivity contribution is 0.367. The second-order valence-electron chi connectivity index (χ2n) is 5.98. The maximum Gasteiger partial charge on any atom is -0.00320 e. The molecule has 84 valence electrons. The first kappa shape index (κ1) is 10.1. The number of rotatable bonds is 0. The van der Waals surface area contributed by atoms with E-state index in [1.165, 1.54) is 30.4 Å². The summed E-state index contributed by atoms with van der Waals surface area (Å²) in [4.78, 5) is 0. The molecule has 0 spiro atoms. The van der Waals surface area contributed by atoms with Crippen LogP contribution in [0.15, 0.2) is 23.8 Å². The van der Waals surface area contributed by atoms with Gasteiger partial charge in [-0.25, -0.2) is 0 Å². The maximum atomic E-state index is 2.46. The fourth-order valence-corrected chi connectivity index (χ4v) is 3.61. The molecule has 0 saturated heterocycles. The van der Waals surface area contributed by atoms with Gasteiger partial charge in [-0.3, -0.25) is 0 Å². The molecule has 1 saturated carbocycles. The molecule has 16 heavy (non-hydrogen) atoms. The van der Waals surface area contributed by atoms with Crippen LogP contribution in [0.25, 0.3) is 6.08 Å². The lowest BCUT2D eigenvalue weighted by atomic mass is 9.66. The zero-order valence-electron chi connectivity index (χ0n) is 10.5. The molecule has 3 rings (SSSR count). The summed E-state index contributed by atoms with van der Waals surface area (Å²) >= 11 is 0. The van der Waals surface area contributed by atoms with Crippen molar-refractivity contribution in [3.63, 3.8) is 0 Å². The van der Waals surface area contributed by atoms with E-state index in [2.05, 4.69) is 45.0 Å². The summed E-state index contributed by atoms with van der Waals surface area (Å²) in [6.45, 7) is 7.05. The van der Waals surface area contributed by atoms with Crippen molar-refractivity contribution in [1.82, 2.24) is 0 Å². The highest BCUT2D eigenvalue weighted by molar-refractivity contribution is 5.64. The van der Waals surface area contributed by atoms with Gasteiger partial charge in [-0.2, -0.15) is 0 Å². The number of aryl methyl sites for hydroxylation is 1. The quantitative estimate of drug-likeness (QED) is 0.595. The van der Waals surface area contributed by atoms with Crippen molar-refractivity contribution in [2.24, 2.45) is 5.92 Å². The van der Waals surface area contributed by atoms with Crippen LogP contribution in [0.1, 0.15) is 49.8 Å². The number of hydrogen-bond donors (Lipinski definition) is 0. The molecule has 0 radical (unpaired) electrons. The van der Waals surface area contributed by atoms with Crippen LogP contribution in [0, 0.1) is 12.8 Å².